The van der Waals surface area contributed by atoms with Gasteiger partial charge in [0.25, 0.3) is 0 Å². The van der Waals surface area contributed by atoms with Crippen molar-refractivity contribution in [1.82, 2.24) is 5.32 Å². The standard InChI is InChI=1S/C16H26N2O/c1-7-10-18(16(3,4)5)13-8-9-14(12(2)17-6)15(19)11-13/h7-9,11-12,17,19H,1,10H2,2-6H3. The SMILES string of the molecule is C=CCN(c1ccc(C(C)NC)c(O)c1)C(C)(C)C. The molecule has 0 aliphatic carbocycles. The second-order valence-corrected chi connectivity index (χ2v) is 5.82. The zero-order chi connectivity index (χ0) is 14.6. The molecule has 0 saturated heterocycles. The Kier molecular flexibility index (Phi) is 5.01. The lowest BCUT2D eigenvalue weighted by molar-refractivity contribution is 0.456. The molecule has 0 aromatic heterocycles. The fourth-order valence-electron chi connectivity index (χ4n) is 2.12. The van der Waals surface area contributed by atoms with Gasteiger partial charge in [0.1, 0.15) is 5.75 Å². The summed E-state index contributed by atoms with van der Waals surface area (Å²) in [6.07, 6.45) is 1.88. The Morgan fingerprint density at radius 1 is 1.42 bits per heavy atom. The van der Waals surface area contributed by atoms with Crippen LogP contribution in [0.3, 0.4) is 0 Å². The number of nitrogens with one attached hydrogen (secondary N) is 1. The van der Waals surface area contributed by atoms with E-state index in [4.69, 9.17) is 0 Å². The van der Waals surface area contributed by atoms with Crippen molar-refractivity contribution < 1.29 is 5.11 Å². The van der Waals surface area contributed by atoms with Gasteiger partial charge in [-0.2, -0.15) is 0 Å². The molecule has 0 saturated carbocycles. The largest absolute Gasteiger partial charge is 0.508 e. The number of anilines is 1. The van der Waals surface area contributed by atoms with E-state index in [0.29, 0.717) is 5.75 Å². The number of phenolic OH excluding ortho intramolecular Hbond substituents is 1. The summed E-state index contributed by atoms with van der Waals surface area (Å²) in [6, 6.07) is 6.00. The predicted octanol–water partition coefficient (Wildman–Crippen LogP) is 3.46. The van der Waals surface area contributed by atoms with E-state index < -0.39 is 0 Å². The van der Waals surface area contributed by atoms with Gasteiger partial charge in [0, 0.05) is 35.4 Å². The van der Waals surface area contributed by atoms with Crippen LogP contribution in [0.15, 0.2) is 30.9 Å². The minimum absolute atomic E-state index is 0.0171. The number of rotatable bonds is 5. The van der Waals surface area contributed by atoms with Crippen molar-refractivity contribution in [3.8, 4) is 5.75 Å². The molecule has 0 aliphatic rings. The first-order valence-corrected chi connectivity index (χ1v) is 6.70. The Bertz CT molecular complexity index is 435. The molecule has 3 nitrogen and oxygen atoms in total. The van der Waals surface area contributed by atoms with E-state index in [-0.39, 0.29) is 11.6 Å². The Morgan fingerprint density at radius 3 is 2.47 bits per heavy atom. The molecule has 3 heteroatoms. The number of hydrogen-bond donors (Lipinski definition) is 2. The highest BCUT2D eigenvalue weighted by Gasteiger charge is 2.21. The topological polar surface area (TPSA) is 35.5 Å². The molecule has 106 valence electrons. The Labute approximate surface area is 116 Å². The van der Waals surface area contributed by atoms with Crippen molar-refractivity contribution in [2.75, 3.05) is 18.5 Å². The van der Waals surface area contributed by atoms with Gasteiger partial charge in [-0.25, -0.2) is 0 Å². The monoisotopic (exact) mass is 262 g/mol. The van der Waals surface area contributed by atoms with Crippen molar-refractivity contribution in [2.45, 2.75) is 39.3 Å². The summed E-state index contributed by atoms with van der Waals surface area (Å²) in [4.78, 5) is 2.22. The molecule has 0 bridgehead atoms. The van der Waals surface area contributed by atoms with Crippen LogP contribution in [0.25, 0.3) is 0 Å². The number of phenols is 1. The third-order valence-electron chi connectivity index (χ3n) is 3.35. The van der Waals surface area contributed by atoms with Crippen molar-refractivity contribution in [2.24, 2.45) is 0 Å². The minimum Gasteiger partial charge on any atom is -0.508 e. The Hall–Kier alpha value is -1.48. The first-order chi connectivity index (χ1) is 8.81. The average molecular weight is 262 g/mol. The van der Waals surface area contributed by atoms with Crippen LogP contribution in [-0.2, 0) is 0 Å². The van der Waals surface area contributed by atoms with E-state index in [1.165, 1.54) is 0 Å². The summed E-state index contributed by atoms with van der Waals surface area (Å²) < 4.78 is 0. The van der Waals surface area contributed by atoms with Crippen LogP contribution >= 0.6 is 0 Å². The highest BCUT2D eigenvalue weighted by molar-refractivity contribution is 5.55. The zero-order valence-electron chi connectivity index (χ0n) is 12.7. The lowest BCUT2D eigenvalue weighted by Crippen LogP contribution is -2.41. The predicted molar refractivity (Wildman–Crippen MR) is 82.9 cm³/mol. The zero-order valence-corrected chi connectivity index (χ0v) is 12.7. The van der Waals surface area contributed by atoms with Gasteiger partial charge in [0.2, 0.25) is 0 Å². The lowest BCUT2D eigenvalue weighted by atomic mass is 10.0. The number of aromatic hydroxyl groups is 1. The van der Waals surface area contributed by atoms with Crippen molar-refractivity contribution in [3.63, 3.8) is 0 Å². The third kappa shape index (κ3) is 3.74. The highest BCUT2D eigenvalue weighted by Crippen LogP contribution is 2.31. The molecular weight excluding hydrogens is 236 g/mol. The van der Waals surface area contributed by atoms with E-state index in [0.717, 1.165) is 17.8 Å². The highest BCUT2D eigenvalue weighted by atomic mass is 16.3. The molecule has 0 amide bonds. The maximum absolute atomic E-state index is 10.2. The summed E-state index contributed by atoms with van der Waals surface area (Å²) in [7, 11) is 1.89. The van der Waals surface area contributed by atoms with Crippen LogP contribution < -0.4 is 10.2 Å². The molecule has 19 heavy (non-hydrogen) atoms. The first-order valence-electron chi connectivity index (χ1n) is 6.70. The van der Waals surface area contributed by atoms with E-state index in [9.17, 15) is 5.11 Å². The quantitative estimate of drug-likeness (QED) is 0.798. The molecule has 0 radical (unpaired) electrons. The van der Waals surface area contributed by atoms with Gasteiger partial charge >= 0.3 is 0 Å². The molecule has 1 unspecified atom stereocenters. The number of hydrogen-bond acceptors (Lipinski definition) is 3. The molecule has 0 heterocycles. The second kappa shape index (κ2) is 6.11. The molecular formula is C16H26N2O. The minimum atomic E-state index is -0.0171. The van der Waals surface area contributed by atoms with E-state index in [1.807, 2.05) is 32.2 Å². The molecule has 1 rings (SSSR count). The van der Waals surface area contributed by atoms with Gasteiger partial charge in [-0.3, -0.25) is 0 Å². The van der Waals surface area contributed by atoms with Crippen LogP contribution in [0.4, 0.5) is 5.69 Å². The van der Waals surface area contributed by atoms with Crippen LogP contribution in [0, 0.1) is 0 Å². The fraction of sp³-hybridized carbons (Fsp3) is 0.500. The van der Waals surface area contributed by atoms with E-state index >= 15 is 0 Å². The number of benzene rings is 1. The van der Waals surface area contributed by atoms with Gasteiger partial charge in [0.05, 0.1) is 0 Å². The fourth-order valence-corrected chi connectivity index (χ4v) is 2.12. The van der Waals surface area contributed by atoms with Crippen LogP contribution in [0.5, 0.6) is 5.75 Å². The Balaban J connectivity index is 3.14. The van der Waals surface area contributed by atoms with Crippen molar-refractivity contribution in [1.29, 1.82) is 0 Å². The molecule has 0 spiro atoms. The van der Waals surface area contributed by atoms with Gasteiger partial charge in [-0.1, -0.05) is 12.1 Å². The summed E-state index contributed by atoms with van der Waals surface area (Å²) in [5, 5.41) is 13.3. The molecule has 1 aromatic carbocycles. The van der Waals surface area contributed by atoms with Crippen molar-refractivity contribution in [3.05, 3.63) is 36.4 Å². The summed E-state index contributed by atoms with van der Waals surface area (Å²) in [6.45, 7) is 13.0. The number of nitrogens with zero attached hydrogens (tertiary/aromatic N) is 1. The first kappa shape index (κ1) is 15.6. The summed E-state index contributed by atoms with van der Waals surface area (Å²) >= 11 is 0. The molecule has 0 aliphatic heterocycles. The normalized spacial score (nSPS) is 13.1. The van der Waals surface area contributed by atoms with Crippen LogP contribution in [0.1, 0.15) is 39.3 Å². The smallest absolute Gasteiger partial charge is 0.122 e. The van der Waals surface area contributed by atoms with Crippen LogP contribution in [-0.4, -0.2) is 24.2 Å². The molecule has 0 fully saturated rings. The third-order valence-corrected chi connectivity index (χ3v) is 3.35. The van der Waals surface area contributed by atoms with Crippen LogP contribution in [0.2, 0.25) is 0 Å². The maximum atomic E-state index is 10.2. The summed E-state index contributed by atoms with van der Waals surface area (Å²) in [5.41, 5.74) is 1.91. The lowest BCUT2D eigenvalue weighted by Gasteiger charge is -2.37. The average Bonchev–Trinajstić information content (AvgIpc) is 2.33. The van der Waals surface area contributed by atoms with Crippen molar-refractivity contribution >= 4 is 5.69 Å². The van der Waals surface area contributed by atoms with Gasteiger partial charge in [-0.15, -0.1) is 6.58 Å². The van der Waals surface area contributed by atoms with E-state index in [1.54, 1.807) is 0 Å². The molecule has 1 atom stereocenters. The molecule has 1 aromatic rings. The second-order valence-electron chi connectivity index (χ2n) is 5.82. The maximum Gasteiger partial charge on any atom is 0.122 e. The van der Waals surface area contributed by atoms with Gasteiger partial charge in [0.15, 0.2) is 0 Å². The van der Waals surface area contributed by atoms with E-state index in [2.05, 4.69) is 43.6 Å². The summed E-state index contributed by atoms with van der Waals surface area (Å²) in [5.74, 6) is 0.331. The van der Waals surface area contributed by atoms with Gasteiger partial charge in [-0.05, 0) is 40.8 Å². The Morgan fingerprint density at radius 2 is 2.05 bits per heavy atom. The van der Waals surface area contributed by atoms with Gasteiger partial charge < -0.3 is 15.3 Å². The molecule has 2 N–H and O–H groups in total.